The summed E-state index contributed by atoms with van der Waals surface area (Å²) in [6, 6.07) is 11.3. The standard InChI is InChI=1S/C17H25NO2/c1-2-18(13-12-17(19)20)16-10-8-15(9-11-16)14-6-4-3-5-7-14/h3-7,15-16H,2,8-13H2,1H3,(H,19,20). The summed E-state index contributed by atoms with van der Waals surface area (Å²) >= 11 is 0. The summed E-state index contributed by atoms with van der Waals surface area (Å²) < 4.78 is 0. The van der Waals surface area contributed by atoms with Gasteiger partial charge in [0.1, 0.15) is 0 Å². The molecular formula is C17H25NO2. The Hall–Kier alpha value is -1.35. The highest BCUT2D eigenvalue weighted by Gasteiger charge is 2.25. The Morgan fingerprint density at radius 1 is 1.20 bits per heavy atom. The van der Waals surface area contributed by atoms with Gasteiger partial charge in [0, 0.05) is 12.6 Å². The molecule has 3 nitrogen and oxygen atoms in total. The lowest BCUT2D eigenvalue weighted by molar-refractivity contribution is -0.137. The number of carboxylic acids is 1. The molecule has 1 aromatic carbocycles. The molecule has 2 rings (SSSR count). The van der Waals surface area contributed by atoms with Crippen LogP contribution in [0.4, 0.5) is 0 Å². The molecule has 1 saturated carbocycles. The lowest BCUT2D eigenvalue weighted by Crippen LogP contribution is -2.39. The van der Waals surface area contributed by atoms with Gasteiger partial charge in [-0.05, 0) is 43.7 Å². The van der Waals surface area contributed by atoms with Crippen LogP contribution in [0.1, 0.15) is 50.5 Å². The molecular weight excluding hydrogens is 250 g/mol. The van der Waals surface area contributed by atoms with Crippen molar-refractivity contribution in [3.63, 3.8) is 0 Å². The molecule has 1 aromatic rings. The molecule has 0 aromatic heterocycles. The number of rotatable bonds is 6. The van der Waals surface area contributed by atoms with Crippen LogP contribution in [0.5, 0.6) is 0 Å². The van der Waals surface area contributed by atoms with E-state index < -0.39 is 5.97 Å². The van der Waals surface area contributed by atoms with E-state index in [0.717, 1.165) is 6.54 Å². The second-order valence-electron chi connectivity index (χ2n) is 5.69. The molecule has 1 aliphatic rings. The molecule has 0 heterocycles. The highest BCUT2D eigenvalue weighted by atomic mass is 16.4. The first-order chi connectivity index (χ1) is 9.70. The van der Waals surface area contributed by atoms with Crippen molar-refractivity contribution in [2.24, 2.45) is 0 Å². The van der Waals surface area contributed by atoms with E-state index in [-0.39, 0.29) is 6.42 Å². The molecule has 1 aliphatic carbocycles. The lowest BCUT2D eigenvalue weighted by Gasteiger charge is -2.36. The van der Waals surface area contributed by atoms with Crippen LogP contribution in [0.15, 0.2) is 30.3 Å². The second kappa shape index (κ2) is 7.44. The maximum Gasteiger partial charge on any atom is 0.304 e. The first kappa shape index (κ1) is 15.0. The summed E-state index contributed by atoms with van der Waals surface area (Å²) in [7, 11) is 0. The topological polar surface area (TPSA) is 40.5 Å². The van der Waals surface area contributed by atoms with Crippen LogP contribution in [0.2, 0.25) is 0 Å². The van der Waals surface area contributed by atoms with Crippen LogP contribution in [-0.2, 0) is 4.79 Å². The minimum Gasteiger partial charge on any atom is -0.481 e. The highest BCUT2D eigenvalue weighted by Crippen LogP contribution is 2.34. The minimum atomic E-state index is -0.693. The zero-order valence-corrected chi connectivity index (χ0v) is 12.3. The molecule has 0 bridgehead atoms. The Balaban J connectivity index is 1.85. The number of benzene rings is 1. The third-order valence-electron chi connectivity index (χ3n) is 4.50. The first-order valence-electron chi connectivity index (χ1n) is 7.71. The minimum absolute atomic E-state index is 0.256. The lowest BCUT2D eigenvalue weighted by atomic mass is 9.81. The van der Waals surface area contributed by atoms with Gasteiger partial charge < -0.3 is 10.0 Å². The predicted octanol–water partition coefficient (Wildman–Crippen LogP) is 3.51. The molecule has 0 spiro atoms. The van der Waals surface area contributed by atoms with Gasteiger partial charge in [-0.2, -0.15) is 0 Å². The average molecular weight is 275 g/mol. The van der Waals surface area contributed by atoms with E-state index in [0.29, 0.717) is 18.5 Å². The van der Waals surface area contributed by atoms with Gasteiger partial charge in [-0.1, -0.05) is 37.3 Å². The molecule has 1 fully saturated rings. The van der Waals surface area contributed by atoms with Gasteiger partial charge in [0.2, 0.25) is 0 Å². The summed E-state index contributed by atoms with van der Waals surface area (Å²) in [5, 5.41) is 8.82. The summed E-state index contributed by atoms with van der Waals surface area (Å²) in [5.41, 5.74) is 1.46. The van der Waals surface area contributed by atoms with E-state index in [1.807, 2.05) is 0 Å². The van der Waals surface area contributed by atoms with Crippen molar-refractivity contribution < 1.29 is 9.90 Å². The van der Waals surface area contributed by atoms with E-state index in [1.165, 1.54) is 31.2 Å². The first-order valence-corrected chi connectivity index (χ1v) is 7.71. The maximum absolute atomic E-state index is 10.7. The third-order valence-corrected chi connectivity index (χ3v) is 4.50. The third kappa shape index (κ3) is 4.07. The van der Waals surface area contributed by atoms with Crippen LogP contribution >= 0.6 is 0 Å². The Bertz CT molecular complexity index is 410. The van der Waals surface area contributed by atoms with Crippen LogP contribution < -0.4 is 0 Å². The number of carboxylic acid groups (broad SMARTS) is 1. The maximum atomic E-state index is 10.7. The quantitative estimate of drug-likeness (QED) is 0.863. The van der Waals surface area contributed by atoms with Crippen molar-refractivity contribution in [1.29, 1.82) is 0 Å². The van der Waals surface area contributed by atoms with Gasteiger partial charge in [-0.3, -0.25) is 4.79 Å². The van der Waals surface area contributed by atoms with Gasteiger partial charge in [0.05, 0.1) is 6.42 Å². The number of carbonyl (C=O) groups is 1. The number of hydrogen-bond acceptors (Lipinski definition) is 2. The van der Waals surface area contributed by atoms with Crippen LogP contribution in [0.3, 0.4) is 0 Å². The van der Waals surface area contributed by atoms with Gasteiger partial charge in [0.15, 0.2) is 0 Å². The second-order valence-corrected chi connectivity index (χ2v) is 5.69. The number of aliphatic carboxylic acids is 1. The summed E-state index contributed by atoms with van der Waals surface area (Å²) in [5.74, 6) is -0.00736. The average Bonchev–Trinajstić information content (AvgIpc) is 2.49. The zero-order valence-electron chi connectivity index (χ0n) is 12.3. The van der Waals surface area contributed by atoms with Crippen molar-refractivity contribution >= 4 is 5.97 Å². The largest absolute Gasteiger partial charge is 0.481 e. The van der Waals surface area contributed by atoms with Crippen molar-refractivity contribution in [2.75, 3.05) is 13.1 Å². The van der Waals surface area contributed by atoms with E-state index in [9.17, 15) is 4.79 Å². The van der Waals surface area contributed by atoms with E-state index in [2.05, 4.69) is 42.2 Å². The van der Waals surface area contributed by atoms with Crippen molar-refractivity contribution in [3.05, 3.63) is 35.9 Å². The van der Waals surface area contributed by atoms with Crippen molar-refractivity contribution in [3.8, 4) is 0 Å². The van der Waals surface area contributed by atoms with Crippen LogP contribution in [0, 0.1) is 0 Å². The van der Waals surface area contributed by atoms with Crippen molar-refractivity contribution in [2.45, 2.75) is 51.0 Å². The molecule has 0 radical (unpaired) electrons. The van der Waals surface area contributed by atoms with Gasteiger partial charge in [-0.25, -0.2) is 0 Å². The monoisotopic (exact) mass is 275 g/mol. The summed E-state index contributed by atoms with van der Waals surface area (Å²) in [4.78, 5) is 13.1. The molecule has 0 unspecified atom stereocenters. The van der Waals surface area contributed by atoms with Crippen LogP contribution in [-0.4, -0.2) is 35.1 Å². The van der Waals surface area contributed by atoms with Crippen LogP contribution in [0.25, 0.3) is 0 Å². The Morgan fingerprint density at radius 3 is 2.40 bits per heavy atom. The fourth-order valence-electron chi connectivity index (χ4n) is 3.34. The molecule has 1 N–H and O–H groups in total. The number of hydrogen-bond donors (Lipinski definition) is 1. The molecule has 20 heavy (non-hydrogen) atoms. The van der Waals surface area contributed by atoms with E-state index in [1.54, 1.807) is 0 Å². The molecule has 0 saturated heterocycles. The molecule has 0 amide bonds. The highest BCUT2D eigenvalue weighted by molar-refractivity contribution is 5.66. The van der Waals surface area contributed by atoms with Gasteiger partial charge in [0.25, 0.3) is 0 Å². The smallest absolute Gasteiger partial charge is 0.304 e. The number of nitrogens with zero attached hydrogens (tertiary/aromatic N) is 1. The fourth-order valence-corrected chi connectivity index (χ4v) is 3.34. The Kier molecular flexibility index (Phi) is 5.60. The zero-order chi connectivity index (χ0) is 14.4. The Morgan fingerprint density at radius 2 is 1.85 bits per heavy atom. The molecule has 3 heteroatoms. The van der Waals surface area contributed by atoms with E-state index >= 15 is 0 Å². The predicted molar refractivity (Wildman–Crippen MR) is 80.9 cm³/mol. The normalized spacial score (nSPS) is 22.9. The SMILES string of the molecule is CCN(CCC(=O)O)C1CCC(c2ccccc2)CC1. The van der Waals surface area contributed by atoms with Gasteiger partial charge in [-0.15, -0.1) is 0 Å². The van der Waals surface area contributed by atoms with Crippen molar-refractivity contribution in [1.82, 2.24) is 4.90 Å². The fraction of sp³-hybridized carbons (Fsp3) is 0.588. The Labute approximate surface area is 121 Å². The molecule has 0 atom stereocenters. The molecule has 0 aliphatic heterocycles. The summed E-state index contributed by atoms with van der Waals surface area (Å²) in [6.07, 6.45) is 5.07. The van der Waals surface area contributed by atoms with E-state index in [4.69, 9.17) is 5.11 Å². The summed E-state index contributed by atoms with van der Waals surface area (Å²) in [6.45, 7) is 3.77. The van der Waals surface area contributed by atoms with Gasteiger partial charge >= 0.3 is 5.97 Å². The molecule has 110 valence electrons.